The van der Waals surface area contributed by atoms with E-state index in [9.17, 15) is 9.59 Å². The number of carboxylic acid groups (broad SMARTS) is 1. The second kappa shape index (κ2) is 4.45. The Labute approximate surface area is 76.7 Å². The standard InChI is InChI=1S/C8H13ClO3/c1-3-4-5-8(9,6(2)10)7(11)12/h3-5H2,1-2H3,(H,11,12). The summed E-state index contributed by atoms with van der Waals surface area (Å²) in [5, 5.41) is 8.68. The molecule has 0 aromatic rings. The predicted octanol–water partition coefficient (Wildman–Crippen LogP) is 1.83. The van der Waals surface area contributed by atoms with Gasteiger partial charge in [0.25, 0.3) is 0 Å². The number of hydrogen-bond acceptors (Lipinski definition) is 2. The molecular weight excluding hydrogens is 180 g/mol. The first-order valence-corrected chi connectivity index (χ1v) is 4.26. The molecule has 0 spiro atoms. The third-order valence-electron chi connectivity index (χ3n) is 1.77. The molecule has 1 N–H and O–H groups in total. The van der Waals surface area contributed by atoms with Crippen molar-refractivity contribution < 1.29 is 14.7 Å². The largest absolute Gasteiger partial charge is 0.480 e. The zero-order chi connectivity index (χ0) is 9.78. The summed E-state index contributed by atoms with van der Waals surface area (Å²) in [6.07, 6.45) is 1.68. The smallest absolute Gasteiger partial charge is 0.332 e. The highest BCUT2D eigenvalue weighted by Crippen LogP contribution is 2.24. The summed E-state index contributed by atoms with van der Waals surface area (Å²) in [4.78, 5) is 19.8. The van der Waals surface area contributed by atoms with Crippen molar-refractivity contribution in [3.63, 3.8) is 0 Å². The van der Waals surface area contributed by atoms with Crippen LogP contribution in [0.25, 0.3) is 0 Å². The van der Waals surface area contributed by atoms with Crippen molar-refractivity contribution in [2.24, 2.45) is 0 Å². The Morgan fingerprint density at radius 1 is 1.50 bits per heavy atom. The van der Waals surface area contributed by atoms with Gasteiger partial charge in [0.1, 0.15) is 0 Å². The Kier molecular flexibility index (Phi) is 4.24. The number of carbonyl (C=O) groups excluding carboxylic acids is 1. The molecule has 0 aromatic carbocycles. The monoisotopic (exact) mass is 192 g/mol. The van der Waals surface area contributed by atoms with Crippen molar-refractivity contribution in [2.45, 2.75) is 38.0 Å². The quantitative estimate of drug-likeness (QED) is 0.534. The van der Waals surface area contributed by atoms with Gasteiger partial charge in [0.2, 0.25) is 0 Å². The van der Waals surface area contributed by atoms with E-state index in [2.05, 4.69) is 0 Å². The molecule has 70 valence electrons. The Balaban J connectivity index is 4.40. The van der Waals surface area contributed by atoms with E-state index in [0.29, 0.717) is 6.42 Å². The Morgan fingerprint density at radius 3 is 2.25 bits per heavy atom. The highest BCUT2D eigenvalue weighted by molar-refractivity contribution is 6.45. The molecule has 0 amide bonds. The van der Waals surface area contributed by atoms with E-state index in [1.807, 2.05) is 6.92 Å². The highest BCUT2D eigenvalue weighted by atomic mass is 35.5. The van der Waals surface area contributed by atoms with Crippen LogP contribution < -0.4 is 0 Å². The molecule has 1 atom stereocenters. The zero-order valence-corrected chi connectivity index (χ0v) is 8.02. The van der Waals surface area contributed by atoms with Crippen molar-refractivity contribution in [1.82, 2.24) is 0 Å². The van der Waals surface area contributed by atoms with Crippen molar-refractivity contribution >= 4 is 23.4 Å². The third-order valence-corrected chi connectivity index (χ3v) is 2.39. The summed E-state index contributed by atoms with van der Waals surface area (Å²) in [5.41, 5.74) is 0. The summed E-state index contributed by atoms with van der Waals surface area (Å²) >= 11 is 5.64. The average molecular weight is 193 g/mol. The normalized spacial score (nSPS) is 15.2. The number of carbonyl (C=O) groups is 2. The van der Waals surface area contributed by atoms with Gasteiger partial charge in [0.05, 0.1) is 0 Å². The molecule has 0 saturated heterocycles. The molecule has 0 aliphatic carbocycles. The van der Waals surface area contributed by atoms with E-state index in [1.165, 1.54) is 6.92 Å². The first kappa shape index (κ1) is 11.4. The molecule has 0 aliphatic heterocycles. The number of hydrogen-bond donors (Lipinski definition) is 1. The van der Waals surface area contributed by atoms with Gasteiger partial charge in [-0.05, 0) is 13.3 Å². The maximum Gasteiger partial charge on any atom is 0.332 e. The molecule has 0 heterocycles. The van der Waals surface area contributed by atoms with E-state index >= 15 is 0 Å². The lowest BCUT2D eigenvalue weighted by atomic mass is 9.97. The van der Waals surface area contributed by atoms with Gasteiger partial charge < -0.3 is 5.11 Å². The molecule has 0 rings (SSSR count). The average Bonchev–Trinajstić information content (AvgIpc) is 1.99. The molecular formula is C8H13ClO3. The van der Waals surface area contributed by atoms with Crippen molar-refractivity contribution in [2.75, 3.05) is 0 Å². The first-order valence-electron chi connectivity index (χ1n) is 3.88. The molecule has 0 fully saturated rings. The van der Waals surface area contributed by atoms with Crippen LogP contribution in [-0.4, -0.2) is 21.7 Å². The molecule has 3 nitrogen and oxygen atoms in total. The van der Waals surface area contributed by atoms with Gasteiger partial charge in [-0.15, -0.1) is 0 Å². The van der Waals surface area contributed by atoms with Gasteiger partial charge in [0, 0.05) is 0 Å². The fourth-order valence-corrected chi connectivity index (χ4v) is 0.988. The number of carboxylic acids is 1. The van der Waals surface area contributed by atoms with Gasteiger partial charge >= 0.3 is 5.97 Å². The number of aliphatic carboxylic acids is 1. The zero-order valence-electron chi connectivity index (χ0n) is 7.26. The predicted molar refractivity (Wildman–Crippen MR) is 46.4 cm³/mol. The number of alkyl halides is 1. The Hall–Kier alpha value is -0.570. The fourth-order valence-electron chi connectivity index (χ4n) is 0.854. The second-order valence-electron chi connectivity index (χ2n) is 2.77. The lowest BCUT2D eigenvalue weighted by molar-refractivity contribution is -0.144. The van der Waals surface area contributed by atoms with Crippen LogP contribution in [0, 0.1) is 0 Å². The van der Waals surface area contributed by atoms with Crippen LogP contribution in [0.5, 0.6) is 0 Å². The van der Waals surface area contributed by atoms with Crippen LogP contribution in [-0.2, 0) is 9.59 Å². The Bertz CT molecular complexity index is 175. The highest BCUT2D eigenvalue weighted by Gasteiger charge is 2.40. The number of halogens is 1. The minimum Gasteiger partial charge on any atom is -0.480 e. The Morgan fingerprint density at radius 2 is 2.00 bits per heavy atom. The van der Waals surface area contributed by atoms with Crippen LogP contribution in [0.4, 0.5) is 0 Å². The lowest BCUT2D eigenvalue weighted by Gasteiger charge is -2.17. The van der Waals surface area contributed by atoms with Gasteiger partial charge in [-0.25, -0.2) is 4.79 Å². The molecule has 4 heteroatoms. The summed E-state index contributed by atoms with van der Waals surface area (Å²) in [5.74, 6) is -1.74. The number of rotatable bonds is 5. The van der Waals surface area contributed by atoms with E-state index in [0.717, 1.165) is 6.42 Å². The molecule has 0 bridgehead atoms. The molecule has 0 saturated carbocycles. The van der Waals surface area contributed by atoms with E-state index in [1.54, 1.807) is 0 Å². The van der Waals surface area contributed by atoms with Crippen LogP contribution in [0.3, 0.4) is 0 Å². The summed E-state index contributed by atoms with van der Waals surface area (Å²) in [7, 11) is 0. The van der Waals surface area contributed by atoms with Crippen molar-refractivity contribution in [1.29, 1.82) is 0 Å². The van der Waals surface area contributed by atoms with Crippen molar-refractivity contribution in [3.8, 4) is 0 Å². The lowest BCUT2D eigenvalue weighted by Crippen LogP contribution is -2.39. The SMILES string of the molecule is CCCCC(Cl)(C(C)=O)C(=O)O. The van der Waals surface area contributed by atoms with Crippen LogP contribution in [0.1, 0.15) is 33.1 Å². The number of Topliss-reactive ketones (excluding diaryl/α,β-unsaturated/α-hetero) is 1. The van der Waals surface area contributed by atoms with Gasteiger partial charge in [-0.1, -0.05) is 31.4 Å². The minimum absolute atomic E-state index is 0.204. The van der Waals surface area contributed by atoms with Crippen molar-refractivity contribution in [3.05, 3.63) is 0 Å². The molecule has 0 aliphatic rings. The summed E-state index contributed by atoms with van der Waals surface area (Å²) in [6.45, 7) is 3.12. The van der Waals surface area contributed by atoms with E-state index in [-0.39, 0.29) is 6.42 Å². The first-order chi connectivity index (χ1) is 5.45. The third kappa shape index (κ3) is 2.48. The number of unbranched alkanes of at least 4 members (excludes halogenated alkanes) is 1. The van der Waals surface area contributed by atoms with E-state index in [4.69, 9.17) is 16.7 Å². The van der Waals surface area contributed by atoms with Gasteiger partial charge in [0.15, 0.2) is 10.7 Å². The van der Waals surface area contributed by atoms with E-state index < -0.39 is 16.6 Å². The van der Waals surface area contributed by atoms with Crippen LogP contribution in [0.15, 0.2) is 0 Å². The molecule has 1 unspecified atom stereocenters. The van der Waals surface area contributed by atoms with Gasteiger partial charge in [-0.2, -0.15) is 0 Å². The minimum atomic E-state index is -1.70. The second-order valence-corrected chi connectivity index (χ2v) is 3.41. The van der Waals surface area contributed by atoms with Gasteiger partial charge in [-0.3, -0.25) is 4.79 Å². The maximum atomic E-state index is 10.9. The molecule has 12 heavy (non-hydrogen) atoms. The van der Waals surface area contributed by atoms with Crippen LogP contribution >= 0.6 is 11.6 Å². The summed E-state index contributed by atoms with van der Waals surface area (Å²) < 4.78 is 0. The number of ketones is 1. The molecule has 0 radical (unpaired) electrons. The maximum absolute atomic E-state index is 10.9. The topological polar surface area (TPSA) is 54.4 Å². The molecule has 0 aromatic heterocycles. The van der Waals surface area contributed by atoms with Crippen LogP contribution in [0.2, 0.25) is 0 Å². The fraction of sp³-hybridized carbons (Fsp3) is 0.750. The summed E-state index contributed by atoms with van der Waals surface area (Å²) in [6, 6.07) is 0.